The molecule has 0 radical (unpaired) electrons. The Morgan fingerprint density at radius 1 is 1.18 bits per heavy atom. The second-order valence-electron chi connectivity index (χ2n) is 5.76. The fourth-order valence-electron chi connectivity index (χ4n) is 1.69. The van der Waals surface area contributed by atoms with Crippen LogP contribution in [0.1, 0.15) is 53.5 Å². The maximum Gasteiger partial charge on any atom is 0.229 e. The number of methoxy groups -OCH3 is 1. The predicted molar refractivity (Wildman–Crippen MR) is 91.4 cm³/mol. The summed E-state index contributed by atoms with van der Waals surface area (Å²) in [6.07, 6.45) is 0.727. The van der Waals surface area contributed by atoms with Gasteiger partial charge in [-0.05, 0) is 12.1 Å². The monoisotopic (exact) mass is 307 g/mol. The van der Waals surface area contributed by atoms with Crippen molar-refractivity contribution >= 4 is 17.4 Å². The molecule has 0 fully saturated rings. The standard InChI is InChI=1S/C16H23NO3.C2H6/c1-6-11(18)10-12-13(8-7-9-14(12)20-5)17-15(19)16(2,3)4;1-2/h7-9H,6,10H2,1-5H3,(H,17,19);1-2H3. The Kier molecular flexibility index (Phi) is 8.46. The van der Waals surface area contributed by atoms with Gasteiger partial charge in [-0.2, -0.15) is 0 Å². The molecule has 0 saturated carbocycles. The number of hydrogen-bond donors (Lipinski definition) is 1. The number of anilines is 1. The highest BCUT2D eigenvalue weighted by molar-refractivity contribution is 5.96. The Labute approximate surface area is 134 Å². The second-order valence-corrected chi connectivity index (χ2v) is 5.76. The Morgan fingerprint density at radius 3 is 2.23 bits per heavy atom. The van der Waals surface area contributed by atoms with E-state index in [9.17, 15) is 9.59 Å². The fraction of sp³-hybridized carbons (Fsp3) is 0.556. The number of Topliss-reactive ketones (excluding diaryl/α,β-unsaturated/α-hetero) is 1. The molecular formula is C18H29NO3. The van der Waals surface area contributed by atoms with Gasteiger partial charge in [0.05, 0.1) is 7.11 Å². The van der Waals surface area contributed by atoms with Crippen molar-refractivity contribution in [3.8, 4) is 5.75 Å². The summed E-state index contributed by atoms with van der Waals surface area (Å²) < 4.78 is 5.30. The van der Waals surface area contributed by atoms with Gasteiger partial charge in [-0.3, -0.25) is 9.59 Å². The Hall–Kier alpha value is -1.84. The van der Waals surface area contributed by atoms with Crippen molar-refractivity contribution in [3.05, 3.63) is 23.8 Å². The largest absolute Gasteiger partial charge is 0.496 e. The van der Waals surface area contributed by atoms with Gasteiger partial charge in [0.2, 0.25) is 5.91 Å². The molecule has 4 nitrogen and oxygen atoms in total. The molecule has 124 valence electrons. The average molecular weight is 307 g/mol. The quantitative estimate of drug-likeness (QED) is 0.885. The van der Waals surface area contributed by atoms with Gasteiger partial charge < -0.3 is 10.1 Å². The van der Waals surface area contributed by atoms with Crippen LogP contribution >= 0.6 is 0 Å². The predicted octanol–water partition coefficient (Wildman–Crippen LogP) is 4.23. The third-order valence-corrected chi connectivity index (χ3v) is 3.05. The SMILES string of the molecule is CC.CCC(=O)Cc1c(NC(=O)C(C)(C)C)cccc1OC. The van der Waals surface area contributed by atoms with Crippen LogP contribution in [0.2, 0.25) is 0 Å². The first-order valence-electron chi connectivity index (χ1n) is 7.78. The number of nitrogens with one attached hydrogen (secondary N) is 1. The minimum Gasteiger partial charge on any atom is -0.496 e. The third-order valence-electron chi connectivity index (χ3n) is 3.05. The van der Waals surface area contributed by atoms with Crippen molar-refractivity contribution in [2.24, 2.45) is 5.41 Å². The van der Waals surface area contributed by atoms with Crippen molar-refractivity contribution in [3.63, 3.8) is 0 Å². The maximum atomic E-state index is 12.1. The van der Waals surface area contributed by atoms with E-state index in [2.05, 4.69) is 5.32 Å². The molecule has 0 aromatic heterocycles. The number of benzene rings is 1. The highest BCUT2D eigenvalue weighted by Gasteiger charge is 2.23. The number of carbonyl (C=O) groups excluding carboxylic acids is 2. The molecule has 1 rings (SSSR count). The summed E-state index contributed by atoms with van der Waals surface area (Å²) in [5, 5.41) is 2.88. The van der Waals surface area contributed by atoms with Crippen LogP contribution in [0.25, 0.3) is 0 Å². The highest BCUT2D eigenvalue weighted by atomic mass is 16.5. The summed E-state index contributed by atoms with van der Waals surface area (Å²) in [5.41, 5.74) is 0.889. The number of hydrogen-bond acceptors (Lipinski definition) is 3. The molecule has 1 aromatic carbocycles. The number of ketones is 1. The third kappa shape index (κ3) is 5.88. The smallest absolute Gasteiger partial charge is 0.229 e. The molecule has 1 amide bonds. The van der Waals surface area contributed by atoms with Crippen LogP contribution < -0.4 is 10.1 Å². The highest BCUT2D eigenvalue weighted by Crippen LogP contribution is 2.29. The van der Waals surface area contributed by atoms with Crippen molar-refractivity contribution in [1.82, 2.24) is 0 Å². The lowest BCUT2D eigenvalue weighted by atomic mass is 9.95. The van der Waals surface area contributed by atoms with E-state index in [4.69, 9.17) is 4.74 Å². The zero-order chi connectivity index (χ0) is 17.3. The van der Waals surface area contributed by atoms with Gasteiger partial charge >= 0.3 is 0 Å². The van der Waals surface area contributed by atoms with Crippen LogP contribution in [0.5, 0.6) is 5.75 Å². The summed E-state index contributed by atoms with van der Waals surface area (Å²) >= 11 is 0. The van der Waals surface area contributed by atoms with Crippen molar-refractivity contribution < 1.29 is 14.3 Å². The number of ether oxygens (including phenoxy) is 1. The van der Waals surface area contributed by atoms with E-state index in [0.717, 1.165) is 5.56 Å². The van der Waals surface area contributed by atoms with Gasteiger partial charge in [0.25, 0.3) is 0 Å². The van der Waals surface area contributed by atoms with E-state index in [1.165, 1.54) is 0 Å². The van der Waals surface area contributed by atoms with Gasteiger partial charge in [0.15, 0.2) is 0 Å². The van der Waals surface area contributed by atoms with E-state index < -0.39 is 5.41 Å². The molecule has 22 heavy (non-hydrogen) atoms. The Balaban J connectivity index is 0.00000211. The molecule has 0 unspecified atom stereocenters. The molecular weight excluding hydrogens is 278 g/mol. The van der Waals surface area contributed by atoms with E-state index in [1.54, 1.807) is 25.3 Å². The summed E-state index contributed by atoms with van der Waals surface area (Å²) in [5.74, 6) is 0.648. The van der Waals surface area contributed by atoms with Crippen molar-refractivity contribution in [2.45, 2.75) is 54.4 Å². The first kappa shape index (κ1) is 20.2. The molecule has 0 aliphatic rings. The van der Waals surface area contributed by atoms with E-state index in [-0.39, 0.29) is 18.1 Å². The normalized spacial score (nSPS) is 10.3. The van der Waals surface area contributed by atoms with Gasteiger partial charge in [-0.1, -0.05) is 47.6 Å². The first-order valence-corrected chi connectivity index (χ1v) is 7.78. The van der Waals surface area contributed by atoms with Gasteiger partial charge in [0.1, 0.15) is 11.5 Å². The molecule has 0 aliphatic heterocycles. The summed E-state index contributed by atoms with van der Waals surface area (Å²) in [6.45, 7) is 11.4. The van der Waals surface area contributed by atoms with E-state index in [1.807, 2.05) is 41.5 Å². The molecule has 4 heteroatoms. The van der Waals surface area contributed by atoms with E-state index in [0.29, 0.717) is 17.9 Å². The van der Waals surface area contributed by atoms with Crippen molar-refractivity contribution in [1.29, 1.82) is 0 Å². The lowest BCUT2D eigenvalue weighted by Crippen LogP contribution is -2.28. The average Bonchev–Trinajstić information content (AvgIpc) is 2.49. The molecule has 0 saturated heterocycles. The van der Waals surface area contributed by atoms with Crippen LogP contribution in [0.4, 0.5) is 5.69 Å². The molecule has 1 aromatic rings. The maximum absolute atomic E-state index is 12.1. The van der Waals surface area contributed by atoms with Gasteiger partial charge in [-0.25, -0.2) is 0 Å². The fourth-order valence-corrected chi connectivity index (χ4v) is 1.69. The lowest BCUT2D eigenvalue weighted by molar-refractivity contribution is -0.123. The number of amides is 1. The zero-order valence-corrected chi connectivity index (χ0v) is 14.9. The molecule has 1 N–H and O–H groups in total. The lowest BCUT2D eigenvalue weighted by Gasteiger charge is -2.20. The second kappa shape index (κ2) is 9.23. The van der Waals surface area contributed by atoms with Crippen LogP contribution in [0.3, 0.4) is 0 Å². The van der Waals surface area contributed by atoms with Gasteiger partial charge in [0, 0.05) is 29.5 Å². The Bertz CT molecular complexity index is 502. The van der Waals surface area contributed by atoms with Gasteiger partial charge in [-0.15, -0.1) is 0 Å². The summed E-state index contributed by atoms with van der Waals surface area (Å²) in [6, 6.07) is 5.40. The first-order chi connectivity index (χ1) is 10.3. The van der Waals surface area contributed by atoms with E-state index >= 15 is 0 Å². The zero-order valence-electron chi connectivity index (χ0n) is 14.9. The van der Waals surface area contributed by atoms with Crippen molar-refractivity contribution in [2.75, 3.05) is 12.4 Å². The number of carbonyl (C=O) groups is 2. The van der Waals surface area contributed by atoms with Crippen LogP contribution in [-0.2, 0) is 16.0 Å². The van der Waals surface area contributed by atoms with Crippen LogP contribution in [0, 0.1) is 5.41 Å². The molecule has 0 heterocycles. The molecule has 0 aliphatic carbocycles. The topological polar surface area (TPSA) is 55.4 Å². The summed E-state index contributed by atoms with van der Waals surface area (Å²) in [7, 11) is 1.56. The van der Waals surface area contributed by atoms with Crippen LogP contribution in [-0.4, -0.2) is 18.8 Å². The number of rotatable bonds is 5. The minimum atomic E-state index is -0.491. The Morgan fingerprint density at radius 2 is 1.77 bits per heavy atom. The van der Waals surface area contributed by atoms with Crippen LogP contribution in [0.15, 0.2) is 18.2 Å². The molecule has 0 atom stereocenters. The molecule has 0 bridgehead atoms. The minimum absolute atomic E-state index is 0.0871. The molecule has 0 spiro atoms. The summed E-state index contributed by atoms with van der Waals surface area (Å²) in [4.78, 5) is 23.8.